The average Bonchev–Trinajstić information content (AvgIpc) is 2.38. The first kappa shape index (κ1) is 15.0. The fourth-order valence-electron chi connectivity index (χ4n) is 2.10. The summed E-state index contributed by atoms with van der Waals surface area (Å²) in [6.07, 6.45) is 1.15. The molecule has 0 aromatic rings. The van der Waals surface area contributed by atoms with E-state index in [9.17, 15) is 9.59 Å². The first-order valence-corrected chi connectivity index (χ1v) is 6.67. The molecular weight excluding hydrogens is 232 g/mol. The van der Waals surface area contributed by atoms with E-state index in [1.165, 1.54) is 0 Å². The lowest BCUT2D eigenvalue weighted by Crippen LogP contribution is -2.47. The molecule has 5 heteroatoms. The third-order valence-corrected chi connectivity index (χ3v) is 3.12. The van der Waals surface area contributed by atoms with E-state index in [4.69, 9.17) is 4.74 Å². The van der Waals surface area contributed by atoms with Gasteiger partial charge in [0, 0.05) is 19.0 Å². The van der Waals surface area contributed by atoms with E-state index in [0.29, 0.717) is 26.0 Å². The van der Waals surface area contributed by atoms with Crippen LogP contribution in [0.15, 0.2) is 0 Å². The summed E-state index contributed by atoms with van der Waals surface area (Å²) < 4.78 is 5.48. The van der Waals surface area contributed by atoms with Gasteiger partial charge in [0.2, 0.25) is 11.8 Å². The molecule has 0 radical (unpaired) electrons. The van der Waals surface area contributed by atoms with Crippen LogP contribution in [-0.2, 0) is 14.3 Å². The van der Waals surface area contributed by atoms with Crippen LogP contribution in [-0.4, -0.2) is 48.1 Å². The van der Waals surface area contributed by atoms with Crippen molar-refractivity contribution in [1.82, 2.24) is 10.2 Å². The first-order valence-electron chi connectivity index (χ1n) is 6.67. The van der Waals surface area contributed by atoms with E-state index in [1.54, 1.807) is 4.90 Å². The van der Waals surface area contributed by atoms with Crippen molar-refractivity contribution in [1.29, 1.82) is 0 Å². The third kappa shape index (κ3) is 3.98. The summed E-state index contributed by atoms with van der Waals surface area (Å²) in [5, 5.41) is 2.77. The SMILES string of the molecule is CCC1NC(=O)CC(C)N(CCOC(C)C)C1=O. The minimum Gasteiger partial charge on any atom is -0.377 e. The number of hydrogen-bond acceptors (Lipinski definition) is 3. The van der Waals surface area contributed by atoms with E-state index in [2.05, 4.69) is 5.32 Å². The molecule has 2 amide bonds. The number of amides is 2. The van der Waals surface area contributed by atoms with E-state index < -0.39 is 0 Å². The van der Waals surface area contributed by atoms with E-state index >= 15 is 0 Å². The number of ether oxygens (including phenoxy) is 1. The van der Waals surface area contributed by atoms with Crippen LogP contribution >= 0.6 is 0 Å². The van der Waals surface area contributed by atoms with Crippen LogP contribution in [0.3, 0.4) is 0 Å². The highest BCUT2D eigenvalue weighted by Gasteiger charge is 2.32. The maximum absolute atomic E-state index is 12.3. The second kappa shape index (κ2) is 6.73. The summed E-state index contributed by atoms with van der Waals surface area (Å²) in [4.78, 5) is 25.6. The predicted octanol–water partition coefficient (Wildman–Crippen LogP) is 0.927. The minimum atomic E-state index is -0.388. The molecule has 5 nitrogen and oxygen atoms in total. The molecule has 2 unspecified atom stereocenters. The minimum absolute atomic E-state index is 0.00297. The monoisotopic (exact) mass is 256 g/mol. The van der Waals surface area contributed by atoms with Crippen LogP contribution < -0.4 is 5.32 Å². The molecule has 1 fully saturated rings. The lowest BCUT2D eigenvalue weighted by molar-refractivity contribution is -0.136. The topological polar surface area (TPSA) is 58.6 Å². The first-order chi connectivity index (χ1) is 8.45. The Hall–Kier alpha value is -1.10. The lowest BCUT2D eigenvalue weighted by atomic mass is 10.2. The normalized spacial score (nSPS) is 25.3. The zero-order valence-corrected chi connectivity index (χ0v) is 11.7. The largest absolute Gasteiger partial charge is 0.377 e. The molecule has 0 aromatic heterocycles. The van der Waals surface area contributed by atoms with Crippen LogP contribution in [0.5, 0.6) is 0 Å². The van der Waals surface area contributed by atoms with Crippen molar-refractivity contribution in [3.8, 4) is 0 Å². The summed E-state index contributed by atoms with van der Waals surface area (Å²) in [6, 6.07) is -0.452. The van der Waals surface area contributed by atoms with Gasteiger partial charge in [0.15, 0.2) is 0 Å². The van der Waals surface area contributed by atoms with Crippen LogP contribution in [0.1, 0.15) is 40.5 Å². The molecule has 0 saturated carbocycles. The second-order valence-electron chi connectivity index (χ2n) is 5.03. The molecule has 104 valence electrons. The Morgan fingerprint density at radius 2 is 2.11 bits per heavy atom. The van der Waals surface area contributed by atoms with Gasteiger partial charge in [-0.3, -0.25) is 9.59 Å². The fourth-order valence-corrected chi connectivity index (χ4v) is 2.10. The molecule has 0 spiro atoms. The summed E-state index contributed by atoms with van der Waals surface area (Å²) >= 11 is 0. The van der Waals surface area contributed by atoms with Crippen molar-refractivity contribution < 1.29 is 14.3 Å². The zero-order valence-electron chi connectivity index (χ0n) is 11.7. The number of hydrogen-bond donors (Lipinski definition) is 1. The molecule has 1 rings (SSSR count). The third-order valence-electron chi connectivity index (χ3n) is 3.12. The predicted molar refractivity (Wildman–Crippen MR) is 69.1 cm³/mol. The Bertz CT molecular complexity index is 305. The molecule has 1 aliphatic heterocycles. The Morgan fingerprint density at radius 3 is 2.67 bits per heavy atom. The Kier molecular flexibility index (Phi) is 5.59. The molecule has 2 atom stereocenters. The Balaban J connectivity index is 2.66. The summed E-state index contributed by atoms with van der Waals surface area (Å²) in [5.41, 5.74) is 0. The Morgan fingerprint density at radius 1 is 1.44 bits per heavy atom. The van der Waals surface area contributed by atoms with E-state index in [1.807, 2.05) is 27.7 Å². The highest BCUT2D eigenvalue weighted by atomic mass is 16.5. The molecule has 0 aliphatic carbocycles. The van der Waals surface area contributed by atoms with Gasteiger partial charge in [-0.05, 0) is 27.2 Å². The quantitative estimate of drug-likeness (QED) is 0.796. The molecule has 1 aliphatic rings. The van der Waals surface area contributed by atoms with Gasteiger partial charge in [0.05, 0.1) is 12.7 Å². The van der Waals surface area contributed by atoms with Gasteiger partial charge in [-0.1, -0.05) is 6.92 Å². The smallest absolute Gasteiger partial charge is 0.245 e. The van der Waals surface area contributed by atoms with Gasteiger partial charge in [0.25, 0.3) is 0 Å². The van der Waals surface area contributed by atoms with Crippen LogP contribution in [0.25, 0.3) is 0 Å². The highest BCUT2D eigenvalue weighted by Crippen LogP contribution is 2.12. The summed E-state index contributed by atoms with van der Waals surface area (Å²) in [7, 11) is 0. The van der Waals surface area contributed by atoms with Crippen LogP contribution in [0.4, 0.5) is 0 Å². The van der Waals surface area contributed by atoms with Crippen molar-refractivity contribution >= 4 is 11.8 Å². The standard InChI is InChI=1S/C13H24N2O3/c1-5-11-13(17)15(6-7-18-9(2)3)10(4)8-12(16)14-11/h9-11H,5-8H2,1-4H3,(H,14,16). The maximum Gasteiger partial charge on any atom is 0.245 e. The van der Waals surface area contributed by atoms with Gasteiger partial charge in [0.1, 0.15) is 6.04 Å². The van der Waals surface area contributed by atoms with Crippen molar-refractivity contribution in [3.05, 3.63) is 0 Å². The molecule has 0 bridgehead atoms. The van der Waals surface area contributed by atoms with Gasteiger partial charge in [-0.25, -0.2) is 0 Å². The number of carbonyl (C=O) groups is 2. The van der Waals surface area contributed by atoms with Gasteiger partial charge >= 0.3 is 0 Å². The van der Waals surface area contributed by atoms with Gasteiger partial charge in [-0.2, -0.15) is 0 Å². The number of rotatable bonds is 5. The average molecular weight is 256 g/mol. The fraction of sp³-hybridized carbons (Fsp3) is 0.846. The molecule has 18 heavy (non-hydrogen) atoms. The maximum atomic E-state index is 12.3. The number of carbonyl (C=O) groups excluding carboxylic acids is 2. The molecule has 1 saturated heterocycles. The van der Waals surface area contributed by atoms with Crippen LogP contribution in [0.2, 0.25) is 0 Å². The molecular formula is C13H24N2O3. The van der Waals surface area contributed by atoms with Crippen molar-refractivity contribution in [2.45, 2.75) is 58.7 Å². The zero-order chi connectivity index (χ0) is 13.7. The number of nitrogens with one attached hydrogen (secondary N) is 1. The highest BCUT2D eigenvalue weighted by molar-refractivity contribution is 5.90. The van der Waals surface area contributed by atoms with Crippen molar-refractivity contribution in [2.75, 3.05) is 13.2 Å². The Labute approximate surface area is 109 Å². The van der Waals surface area contributed by atoms with E-state index in [0.717, 1.165) is 0 Å². The summed E-state index contributed by atoms with van der Waals surface area (Å²) in [6.45, 7) is 8.80. The van der Waals surface area contributed by atoms with Crippen molar-refractivity contribution in [3.63, 3.8) is 0 Å². The van der Waals surface area contributed by atoms with Crippen molar-refractivity contribution in [2.24, 2.45) is 0 Å². The van der Waals surface area contributed by atoms with Crippen LogP contribution in [0, 0.1) is 0 Å². The van der Waals surface area contributed by atoms with Gasteiger partial charge < -0.3 is 15.0 Å². The lowest BCUT2D eigenvalue weighted by Gasteiger charge is -2.28. The summed E-state index contributed by atoms with van der Waals surface area (Å²) in [5.74, 6) is -0.0433. The molecule has 1 N–H and O–H groups in total. The van der Waals surface area contributed by atoms with E-state index in [-0.39, 0.29) is 30.0 Å². The van der Waals surface area contributed by atoms with Gasteiger partial charge in [-0.15, -0.1) is 0 Å². The molecule has 1 heterocycles. The second-order valence-corrected chi connectivity index (χ2v) is 5.03. The molecule has 0 aromatic carbocycles. The number of nitrogens with zero attached hydrogens (tertiary/aromatic N) is 1.